The molecule has 0 N–H and O–H groups in total. The molecule has 0 aliphatic heterocycles. The number of rotatable bonds is 4. The standard InChI is InChI=1S/C37H25N2OP/c40-41(28-11-3-1-4-12-28,29-13-5-2-6-14-29)30-22-19-26(20-23-30)27-21-24-32-33(25-27)31-15-7-9-17-35(31)39-36-18-10-8-16-34(36)38-37(32)39/h1-25H. The maximum atomic E-state index is 14.8. The molecule has 6 aromatic carbocycles. The second-order valence-corrected chi connectivity index (χ2v) is 13.1. The Balaban J connectivity index is 1.30. The molecule has 0 unspecified atom stereocenters. The molecule has 194 valence electrons. The number of nitrogens with zero attached hydrogens (tertiary/aromatic N) is 2. The first kappa shape index (κ1) is 23.9. The summed E-state index contributed by atoms with van der Waals surface area (Å²) in [7, 11) is -3.01. The van der Waals surface area contributed by atoms with Gasteiger partial charge in [0.25, 0.3) is 0 Å². The van der Waals surface area contributed by atoms with Crippen LogP contribution in [0.25, 0.3) is 49.5 Å². The van der Waals surface area contributed by atoms with Crippen molar-refractivity contribution in [1.29, 1.82) is 0 Å². The Morgan fingerprint density at radius 1 is 0.463 bits per heavy atom. The van der Waals surface area contributed by atoms with Crippen LogP contribution in [0, 0.1) is 0 Å². The van der Waals surface area contributed by atoms with Gasteiger partial charge in [-0.3, -0.25) is 4.40 Å². The van der Waals surface area contributed by atoms with Gasteiger partial charge >= 0.3 is 0 Å². The Bertz CT molecular complexity index is 2230. The Hall–Kier alpha value is -4.98. The lowest BCUT2D eigenvalue weighted by molar-refractivity contribution is 0.592. The van der Waals surface area contributed by atoms with Gasteiger partial charge in [0.05, 0.1) is 16.6 Å². The molecule has 2 aromatic heterocycles. The lowest BCUT2D eigenvalue weighted by Gasteiger charge is -2.20. The van der Waals surface area contributed by atoms with Crippen LogP contribution in [0.1, 0.15) is 0 Å². The van der Waals surface area contributed by atoms with Crippen LogP contribution in [0.15, 0.2) is 152 Å². The van der Waals surface area contributed by atoms with E-state index >= 15 is 0 Å². The first-order valence-corrected chi connectivity index (χ1v) is 15.5. The minimum atomic E-state index is -3.01. The van der Waals surface area contributed by atoms with Crippen LogP contribution in [0.3, 0.4) is 0 Å². The molecule has 0 fully saturated rings. The van der Waals surface area contributed by atoms with Crippen molar-refractivity contribution in [3.63, 3.8) is 0 Å². The van der Waals surface area contributed by atoms with Gasteiger partial charge in [-0.1, -0.05) is 121 Å². The molecule has 0 atom stereocenters. The van der Waals surface area contributed by atoms with E-state index in [1.54, 1.807) is 0 Å². The maximum Gasteiger partial charge on any atom is 0.171 e. The van der Waals surface area contributed by atoms with Crippen LogP contribution in [-0.2, 0) is 4.57 Å². The monoisotopic (exact) mass is 544 g/mol. The zero-order valence-electron chi connectivity index (χ0n) is 22.2. The van der Waals surface area contributed by atoms with Crippen molar-refractivity contribution in [3.05, 3.63) is 152 Å². The minimum Gasteiger partial charge on any atom is -0.309 e. The molecule has 41 heavy (non-hydrogen) atoms. The van der Waals surface area contributed by atoms with Gasteiger partial charge in [0.2, 0.25) is 0 Å². The van der Waals surface area contributed by atoms with Crippen molar-refractivity contribution in [2.45, 2.75) is 0 Å². The summed E-state index contributed by atoms with van der Waals surface area (Å²) in [4.78, 5) is 5.02. The van der Waals surface area contributed by atoms with E-state index in [0.717, 1.165) is 54.6 Å². The van der Waals surface area contributed by atoms with Gasteiger partial charge in [-0.15, -0.1) is 0 Å². The Kier molecular flexibility index (Phi) is 5.41. The van der Waals surface area contributed by atoms with Crippen molar-refractivity contribution in [1.82, 2.24) is 9.38 Å². The summed E-state index contributed by atoms with van der Waals surface area (Å²) in [6, 6.07) is 51.3. The summed E-state index contributed by atoms with van der Waals surface area (Å²) >= 11 is 0. The SMILES string of the molecule is O=P(c1ccccc1)(c1ccccc1)c1ccc(-c2ccc3c(c2)c2ccccc2n2c4ccccc4nc32)cc1. The first-order valence-electron chi connectivity index (χ1n) is 13.8. The molecule has 0 aliphatic rings. The van der Waals surface area contributed by atoms with Crippen LogP contribution in [0.2, 0.25) is 0 Å². The second kappa shape index (κ2) is 9.30. The fraction of sp³-hybridized carbons (Fsp3) is 0. The highest BCUT2D eigenvalue weighted by Crippen LogP contribution is 2.43. The molecule has 0 bridgehead atoms. The van der Waals surface area contributed by atoms with E-state index in [4.69, 9.17) is 4.98 Å². The highest BCUT2D eigenvalue weighted by Gasteiger charge is 2.29. The van der Waals surface area contributed by atoms with Crippen LogP contribution in [0.4, 0.5) is 0 Å². The Morgan fingerprint density at radius 3 is 1.73 bits per heavy atom. The number of fused-ring (bicyclic) bond motifs is 8. The van der Waals surface area contributed by atoms with E-state index < -0.39 is 7.14 Å². The number of hydrogen-bond donors (Lipinski definition) is 0. The summed E-state index contributed by atoms with van der Waals surface area (Å²) < 4.78 is 17.0. The molecule has 8 rings (SSSR count). The van der Waals surface area contributed by atoms with Gasteiger partial charge in [-0.25, -0.2) is 4.98 Å². The lowest BCUT2D eigenvalue weighted by Crippen LogP contribution is -2.24. The number of hydrogen-bond acceptors (Lipinski definition) is 2. The predicted molar refractivity (Wildman–Crippen MR) is 173 cm³/mol. The zero-order valence-corrected chi connectivity index (χ0v) is 23.1. The van der Waals surface area contributed by atoms with E-state index in [1.807, 2.05) is 78.9 Å². The average Bonchev–Trinajstić information content (AvgIpc) is 3.45. The second-order valence-electron chi connectivity index (χ2n) is 10.4. The molecule has 0 aliphatic carbocycles. The Morgan fingerprint density at radius 2 is 1.02 bits per heavy atom. The zero-order chi connectivity index (χ0) is 27.4. The maximum absolute atomic E-state index is 14.8. The largest absolute Gasteiger partial charge is 0.309 e. The van der Waals surface area contributed by atoms with E-state index in [9.17, 15) is 4.57 Å². The van der Waals surface area contributed by atoms with E-state index in [0.29, 0.717) is 0 Å². The number of aromatic nitrogens is 2. The van der Waals surface area contributed by atoms with Gasteiger partial charge in [0, 0.05) is 26.7 Å². The van der Waals surface area contributed by atoms with Gasteiger partial charge in [-0.2, -0.15) is 0 Å². The van der Waals surface area contributed by atoms with Crippen LogP contribution < -0.4 is 15.9 Å². The number of imidazole rings is 1. The van der Waals surface area contributed by atoms with Crippen molar-refractivity contribution < 1.29 is 4.57 Å². The fourth-order valence-electron chi connectivity index (χ4n) is 6.08. The normalized spacial score (nSPS) is 12.0. The van der Waals surface area contributed by atoms with Crippen molar-refractivity contribution in [2.75, 3.05) is 0 Å². The van der Waals surface area contributed by atoms with E-state index in [1.165, 1.54) is 10.8 Å². The van der Waals surface area contributed by atoms with Crippen molar-refractivity contribution in [2.24, 2.45) is 0 Å². The molecule has 0 spiro atoms. The van der Waals surface area contributed by atoms with Crippen molar-refractivity contribution in [3.8, 4) is 11.1 Å². The number of para-hydroxylation sites is 3. The van der Waals surface area contributed by atoms with E-state index in [2.05, 4.69) is 77.2 Å². The highest BCUT2D eigenvalue weighted by atomic mass is 31.2. The predicted octanol–water partition coefficient (Wildman–Crippen LogP) is 8.10. The summed E-state index contributed by atoms with van der Waals surface area (Å²) in [5.74, 6) is 0. The van der Waals surface area contributed by atoms with Gasteiger partial charge in [0.15, 0.2) is 7.14 Å². The molecule has 4 heteroatoms. The van der Waals surface area contributed by atoms with Crippen LogP contribution in [0.5, 0.6) is 0 Å². The quantitative estimate of drug-likeness (QED) is 0.166. The fourth-order valence-corrected chi connectivity index (χ4v) is 8.72. The van der Waals surface area contributed by atoms with Gasteiger partial charge < -0.3 is 4.57 Å². The number of pyridine rings is 1. The smallest absolute Gasteiger partial charge is 0.171 e. The number of benzene rings is 6. The minimum absolute atomic E-state index is 0.829. The van der Waals surface area contributed by atoms with E-state index in [-0.39, 0.29) is 0 Å². The third kappa shape index (κ3) is 3.67. The molecule has 3 nitrogen and oxygen atoms in total. The van der Waals surface area contributed by atoms with Crippen LogP contribution in [-0.4, -0.2) is 9.38 Å². The summed E-state index contributed by atoms with van der Waals surface area (Å²) in [5, 5.41) is 5.99. The molecular weight excluding hydrogens is 519 g/mol. The topological polar surface area (TPSA) is 34.4 Å². The summed E-state index contributed by atoms with van der Waals surface area (Å²) in [5.41, 5.74) is 6.41. The molecule has 0 amide bonds. The molecular formula is C37H25N2OP. The van der Waals surface area contributed by atoms with Crippen molar-refractivity contribution >= 4 is 61.4 Å². The van der Waals surface area contributed by atoms with Crippen LogP contribution >= 0.6 is 7.14 Å². The Labute approximate surface area is 237 Å². The third-order valence-corrected chi connectivity index (χ3v) is 11.1. The average molecular weight is 545 g/mol. The lowest BCUT2D eigenvalue weighted by atomic mass is 9.99. The summed E-state index contributed by atoms with van der Waals surface area (Å²) in [6.07, 6.45) is 0. The van der Waals surface area contributed by atoms with Gasteiger partial charge in [-0.05, 0) is 46.8 Å². The molecule has 0 saturated carbocycles. The third-order valence-electron chi connectivity index (χ3n) is 8.06. The summed E-state index contributed by atoms with van der Waals surface area (Å²) in [6.45, 7) is 0. The highest BCUT2D eigenvalue weighted by molar-refractivity contribution is 7.85. The molecule has 2 heterocycles. The first-order chi connectivity index (χ1) is 20.2. The molecule has 0 saturated heterocycles. The van der Waals surface area contributed by atoms with Gasteiger partial charge in [0.1, 0.15) is 5.65 Å². The molecule has 8 aromatic rings. The molecule has 0 radical (unpaired) electrons.